The molecule has 0 unspecified atom stereocenters. The number of anilines is 2. The molecule has 2 aromatic carbocycles. The van der Waals surface area contributed by atoms with Crippen LogP contribution in [0.15, 0.2) is 54.6 Å². The van der Waals surface area contributed by atoms with E-state index in [2.05, 4.69) is 0 Å². The highest BCUT2D eigenvalue weighted by Crippen LogP contribution is 2.27. The number of carbonyl (C=O) groups is 3. The molecule has 0 saturated heterocycles. The number of hydrazine groups is 1. The zero-order valence-corrected chi connectivity index (χ0v) is 19.1. The summed E-state index contributed by atoms with van der Waals surface area (Å²) in [5.74, 6) is -0.109. The molecule has 2 rings (SSSR count). The fourth-order valence-corrected chi connectivity index (χ4v) is 2.62. The van der Waals surface area contributed by atoms with Crippen LogP contribution in [0.3, 0.4) is 0 Å². The zero-order valence-electron chi connectivity index (χ0n) is 19.1. The summed E-state index contributed by atoms with van der Waals surface area (Å²) in [6, 6.07) is 15.0. The van der Waals surface area contributed by atoms with Crippen molar-refractivity contribution in [2.24, 2.45) is 0 Å². The Balaban J connectivity index is 2.63. The van der Waals surface area contributed by atoms with Gasteiger partial charge in [-0.3, -0.25) is 4.79 Å². The Morgan fingerprint density at radius 1 is 0.645 bits per heavy atom. The molecule has 2 aromatic rings. The van der Waals surface area contributed by atoms with Crippen LogP contribution in [-0.4, -0.2) is 29.2 Å². The van der Waals surface area contributed by atoms with Crippen LogP contribution in [0.5, 0.6) is 0 Å². The van der Waals surface area contributed by atoms with Crippen LogP contribution in [0.25, 0.3) is 0 Å². The molecule has 0 spiro atoms. The molecule has 0 N–H and O–H groups in total. The van der Waals surface area contributed by atoms with Crippen LogP contribution in [0, 0.1) is 0 Å². The van der Waals surface area contributed by atoms with Crippen molar-refractivity contribution in [1.29, 1.82) is 0 Å². The molecular weight excluding hydrogens is 396 g/mol. The van der Waals surface area contributed by atoms with Crippen LogP contribution in [0.2, 0.25) is 0 Å². The number of carbonyl (C=O) groups excluding carboxylic acids is 3. The number of rotatable bonds is 3. The Morgan fingerprint density at radius 3 is 1.39 bits per heavy atom. The van der Waals surface area contributed by atoms with Crippen molar-refractivity contribution >= 4 is 29.3 Å². The molecule has 0 aliphatic carbocycles. The van der Waals surface area contributed by atoms with Gasteiger partial charge < -0.3 is 9.47 Å². The van der Waals surface area contributed by atoms with Crippen LogP contribution >= 0.6 is 0 Å². The Bertz CT molecular complexity index is 925. The third-order valence-corrected chi connectivity index (χ3v) is 3.85. The molecule has 0 aliphatic heterocycles. The van der Waals surface area contributed by atoms with Crippen LogP contribution in [0.1, 0.15) is 58.8 Å². The fourth-order valence-electron chi connectivity index (χ4n) is 2.62. The van der Waals surface area contributed by atoms with Gasteiger partial charge in [0.2, 0.25) is 0 Å². The first kappa shape index (κ1) is 23.9. The molecule has 0 saturated carbocycles. The highest BCUT2D eigenvalue weighted by atomic mass is 16.6. The molecule has 0 aromatic heterocycles. The minimum absolute atomic E-state index is 0.109. The number of hydrogen-bond acceptors (Lipinski definition) is 5. The summed E-state index contributed by atoms with van der Waals surface area (Å²) in [6.45, 7) is 11.9. The van der Waals surface area contributed by atoms with Gasteiger partial charge in [-0.1, -0.05) is 18.2 Å². The number of ether oxygens (including phenoxy) is 2. The SMILES string of the molecule is CC(=O)c1ccc(N(C(=O)OC(C)(C)C)N(C(=O)OC(C)(C)C)c2ccccc2)cc1. The number of Topliss-reactive ketones (excluding diaryl/α,β-unsaturated/α-hetero) is 1. The van der Waals surface area contributed by atoms with E-state index in [0.29, 0.717) is 16.9 Å². The van der Waals surface area contributed by atoms with Gasteiger partial charge in [0.15, 0.2) is 5.78 Å². The van der Waals surface area contributed by atoms with Gasteiger partial charge in [0, 0.05) is 5.56 Å². The third kappa shape index (κ3) is 6.84. The van der Waals surface area contributed by atoms with Crippen molar-refractivity contribution in [2.45, 2.75) is 59.7 Å². The molecule has 0 fully saturated rings. The Labute approximate surface area is 183 Å². The molecule has 0 aliphatic rings. The number of para-hydroxylation sites is 1. The van der Waals surface area contributed by atoms with E-state index in [4.69, 9.17) is 9.47 Å². The Hall–Kier alpha value is -3.35. The lowest BCUT2D eigenvalue weighted by molar-refractivity contribution is 0.0479. The van der Waals surface area contributed by atoms with Gasteiger partial charge in [-0.15, -0.1) is 0 Å². The largest absolute Gasteiger partial charge is 0.442 e. The molecule has 0 atom stereocenters. The van der Waals surface area contributed by atoms with Crippen molar-refractivity contribution in [3.05, 3.63) is 60.2 Å². The van der Waals surface area contributed by atoms with Gasteiger partial charge in [-0.25, -0.2) is 9.59 Å². The van der Waals surface area contributed by atoms with E-state index < -0.39 is 23.4 Å². The molecule has 7 heteroatoms. The predicted octanol–water partition coefficient (Wildman–Crippen LogP) is 5.99. The summed E-state index contributed by atoms with van der Waals surface area (Å²) in [5, 5.41) is 2.24. The standard InChI is InChI=1S/C24H30N2O5/c1-17(27)18-13-15-20(16-14-18)26(22(29)31-24(5,6)7)25(19-11-9-8-10-12-19)21(28)30-23(2,3)4/h8-16H,1-7H3. The van der Waals surface area contributed by atoms with Gasteiger partial charge in [0.05, 0.1) is 11.4 Å². The highest BCUT2D eigenvalue weighted by Gasteiger charge is 2.35. The topological polar surface area (TPSA) is 76.2 Å². The first-order chi connectivity index (χ1) is 14.3. The second-order valence-corrected chi connectivity index (χ2v) is 9.02. The average Bonchev–Trinajstić information content (AvgIpc) is 2.63. The van der Waals surface area contributed by atoms with E-state index in [1.807, 2.05) is 0 Å². The van der Waals surface area contributed by atoms with Crippen molar-refractivity contribution in [3.63, 3.8) is 0 Å². The van der Waals surface area contributed by atoms with Crippen LogP contribution in [0.4, 0.5) is 21.0 Å². The van der Waals surface area contributed by atoms with E-state index in [-0.39, 0.29) is 5.78 Å². The lowest BCUT2D eigenvalue weighted by atomic mass is 10.1. The van der Waals surface area contributed by atoms with Gasteiger partial charge in [0.1, 0.15) is 11.2 Å². The van der Waals surface area contributed by atoms with Crippen molar-refractivity contribution in [1.82, 2.24) is 0 Å². The summed E-state index contributed by atoms with van der Waals surface area (Å²) in [5.41, 5.74) is -0.351. The van der Waals surface area contributed by atoms with Crippen LogP contribution in [-0.2, 0) is 9.47 Å². The van der Waals surface area contributed by atoms with Crippen molar-refractivity contribution in [3.8, 4) is 0 Å². The summed E-state index contributed by atoms with van der Waals surface area (Å²) in [6.07, 6.45) is -1.52. The molecule has 0 heterocycles. The summed E-state index contributed by atoms with van der Waals surface area (Å²) in [7, 11) is 0. The van der Waals surface area contributed by atoms with E-state index in [0.717, 1.165) is 10.0 Å². The number of nitrogens with zero attached hydrogens (tertiary/aromatic N) is 2. The van der Waals surface area contributed by atoms with Gasteiger partial charge in [0.25, 0.3) is 0 Å². The molecular formula is C24H30N2O5. The molecule has 31 heavy (non-hydrogen) atoms. The van der Waals surface area contributed by atoms with Crippen LogP contribution < -0.4 is 10.0 Å². The monoisotopic (exact) mass is 426 g/mol. The smallest absolute Gasteiger partial charge is 0.434 e. The van der Waals surface area contributed by atoms with E-state index >= 15 is 0 Å². The Morgan fingerprint density at radius 2 is 1.03 bits per heavy atom. The summed E-state index contributed by atoms with van der Waals surface area (Å²) >= 11 is 0. The highest BCUT2D eigenvalue weighted by molar-refractivity contribution is 6.02. The molecule has 0 bridgehead atoms. The third-order valence-electron chi connectivity index (χ3n) is 3.85. The number of hydrogen-bond donors (Lipinski definition) is 0. The van der Waals surface area contributed by atoms with Crippen molar-refractivity contribution < 1.29 is 23.9 Å². The second kappa shape index (κ2) is 9.20. The zero-order chi connectivity index (χ0) is 23.4. The maximum absolute atomic E-state index is 13.3. The minimum Gasteiger partial charge on any atom is -0.442 e. The van der Waals surface area contributed by atoms with E-state index in [1.165, 1.54) is 6.92 Å². The first-order valence-corrected chi connectivity index (χ1v) is 10.0. The average molecular weight is 427 g/mol. The van der Waals surface area contributed by atoms with Gasteiger partial charge >= 0.3 is 12.2 Å². The maximum atomic E-state index is 13.3. The normalized spacial score (nSPS) is 11.5. The summed E-state index contributed by atoms with van der Waals surface area (Å²) in [4.78, 5) is 38.1. The predicted molar refractivity (Wildman–Crippen MR) is 120 cm³/mol. The molecule has 2 amide bonds. The van der Waals surface area contributed by atoms with Gasteiger partial charge in [-0.2, -0.15) is 10.0 Å². The maximum Gasteiger partial charge on any atom is 0.434 e. The molecule has 0 radical (unpaired) electrons. The molecule has 7 nitrogen and oxygen atoms in total. The van der Waals surface area contributed by atoms with Crippen molar-refractivity contribution in [2.75, 3.05) is 10.0 Å². The second-order valence-electron chi connectivity index (χ2n) is 9.02. The molecule has 166 valence electrons. The van der Waals surface area contributed by atoms with E-state index in [9.17, 15) is 14.4 Å². The lowest BCUT2D eigenvalue weighted by Gasteiger charge is -2.36. The Kier molecular flexibility index (Phi) is 7.10. The fraction of sp³-hybridized carbons (Fsp3) is 0.375. The van der Waals surface area contributed by atoms with Gasteiger partial charge in [-0.05, 0) is 84.9 Å². The number of ketones is 1. The number of benzene rings is 2. The minimum atomic E-state index is -0.801. The first-order valence-electron chi connectivity index (χ1n) is 10.0. The summed E-state index contributed by atoms with van der Waals surface area (Å²) < 4.78 is 11.2. The number of amides is 2. The lowest BCUT2D eigenvalue weighted by Crippen LogP contribution is -2.53. The van der Waals surface area contributed by atoms with E-state index in [1.54, 1.807) is 96.1 Å². The quantitative estimate of drug-likeness (QED) is 0.445.